The molecule has 2 rings (SSSR count). The first-order chi connectivity index (χ1) is 14.4. The Morgan fingerprint density at radius 3 is 2.39 bits per heavy atom. The fraction of sp³-hybridized carbons (Fsp3) is 0.222. The van der Waals surface area contributed by atoms with Gasteiger partial charge in [-0.15, -0.1) is 0 Å². The molecular weight excluding hydrogens is 448 g/mol. The summed E-state index contributed by atoms with van der Waals surface area (Å²) in [5.41, 5.74) is -2.73. The number of alkyl halides is 3. The highest BCUT2D eigenvalue weighted by atomic mass is 32.2. The Labute approximate surface area is 173 Å². The second-order valence-corrected chi connectivity index (χ2v) is 7.68. The molecule has 0 aliphatic heterocycles. The number of aliphatic hydroxyl groups is 1. The molecule has 1 amide bonds. The van der Waals surface area contributed by atoms with Gasteiger partial charge in [-0.05, 0) is 30.3 Å². The Bertz CT molecular complexity index is 1090. The molecule has 0 aliphatic rings. The third-order valence-electron chi connectivity index (χ3n) is 3.92. The number of rotatable bonds is 7. The molecule has 0 saturated heterocycles. The zero-order valence-corrected chi connectivity index (χ0v) is 16.6. The number of hydrogen-bond acceptors (Lipinski definition) is 6. The van der Waals surface area contributed by atoms with Crippen LogP contribution in [0.1, 0.15) is 15.9 Å². The van der Waals surface area contributed by atoms with Gasteiger partial charge in [-0.3, -0.25) is 9.52 Å². The van der Waals surface area contributed by atoms with Gasteiger partial charge in [-0.25, -0.2) is 17.6 Å². The average molecular weight is 464 g/mol. The summed E-state index contributed by atoms with van der Waals surface area (Å²) in [6, 6.07) is 4.66. The number of benzene rings is 2. The number of amides is 1. The third kappa shape index (κ3) is 5.70. The van der Waals surface area contributed by atoms with Crippen molar-refractivity contribution in [2.24, 2.45) is 0 Å². The largest absolute Gasteiger partial charge is 0.467 e. The molecule has 31 heavy (non-hydrogen) atoms. The molecule has 2 aromatic rings. The van der Waals surface area contributed by atoms with Crippen molar-refractivity contribution < 1.29 is 45.4 Å². The predicted octanol–water partition coefficient (Wildman–Crippen LogP) is 1.91. The van der Waals surface area contributed by atoms with E-state index in [9.17, 15) is 40.7 Å². The van der Waals surface area contributed by atoms with Crippen LogP contribution in [0.5, 0.6) is 0 Å². The second kappa shape index (κ2) is 9.31. The summed E-state index contributed by atoms with van der Waals surface area (Å²) in [5, 5.41) is 11.3. The third-order valence-corrected chi connectivity index (χ3v) is 5.36. The van der Waals surface area contributed by atoms with Gasteiger partial charge in [-0.1, -0.05) is 12.1 Å². The van der Waals surface area contributed by atoms with E-state index in [2.05, 4.69) is 10.1 Å². The minimum atomic E-state index is -5.06. The zero-order chi connectivity index (χ0) is 23.4. The molecule has 8 nitrogen and oxygen atoms in total. The monoisotopic (exact) mass is 464 g/mol. The highest BCUT2D eigenvalue weighted by Crippen LogP contribution is 2.33. The quantitative estimate of drug-likeness (QED) is 0.425. The lowest BCUT2D eigenvalue weighted by Gasteiger charge is -2.16. The normalized spacial score (nSPS) is 12.7. The van der Waals surface area contributed by atoms with Gasteiger partial charge in [0.1, 0.15) is 10.7 Å². The van der Waals surface area contributed by atoms with E-state index in [1.165, 1.54) is 12.1 Å². The highest BCUT2D eigenvalue weighted by molar-refractivity contribution is 7.92. The first kappa shape index (κ1) is 24.1. The maximum Gasteiger partial charge on any atom is 0.419 e. The van der Waals surface area contributed by atoms with E-state index in [0.29, 0.717) is 6.07 Å². The Morgan fingerprint density at radius 1 is 1.16 bits per heavy atom. The molecule has 2 aromatic carbocycles. The standard InChI is InChI=1S/C18H16F4N2O6S/c1-30-17(27)14(9-25)23-16(26)11-4-2-3-5-15(11)31(28,29)24-10-6-7-13(19)12(8-10)18(20,21)22/h2-8,14,24-25H,9H2,1H3,(H,23,26). The lowest BCUT2D eigenvalue weighted by molar-refractivity contribution is -0.144. The van der Waals surface area contributed by atoms with Gasteiger partial charge in [0.2, 0.25) is 0 Å². The topological polar surface area (TPSA) is 122 Å². The molecule has 0 heterocycles. The van der Waals surface area contributed by atoms with E-state index in [-0.39, 0.29) is 6.07 Å². The number of carbonyl (C=O) groups is 2. The Kier molecular flexibility index (Phi) is 7.23. The summed E-state index contributed by atoms with van der Waals surface area (Å²) in [4.78, 5) is 23.4. The van der Waals surface area contributed by atoms with Gasteiger partial charge in [0.05, 0.1) is 24.8 Å². The molecule has 0 aromatic heterocycles. The van der Waals surface area contributed by atoms with Crippen LogP contribution >= 0.6 is 0 Å². The molecule has 1 atom stereocenters. The van der Waals surface area contributed by atoms with Gasteiger partial charge in [0, 0.05) is 5.69 Å². The van der Waals surface area contributed by atoms with Crippen molar-refractivity contribution in [3.8, 4) is 0 Å². The van der Waals surface area contributed by atoms with E-state index in [1.807, 2.05) is 4.72 Å². The smallest absolute Gasteiger partial charge is 0.419 e. The summed E-state index contributed by atoms with van der Waals surface area (Å²) in [6.45, 7) is -0.832. The Morgan fingerprint density at radius 2 is 1.81 bits per heavy atom. The molecule has 13 heteroatoms. The summed E-state index contributed by atoms with van der Waals surface area (Å²) in [6.07, 6.45) is -5.06. The number of anilines is 1. The van der Waals surface area contributed by atoms with Gasteiger partial charge < -0.3 is 15.2 Å². The van der Waals surface area contributed by atoms with Crippen LogP contribution in [-0.4, -0.2) is 45.2 Å². The molecule has 0 bridgehead atoms. The number of halogens is 4. The van der Waals surface area contributed by atoms with E-state index >= 15 is 0 Å². The van der Waals surface area contributed by atoms with Crippen LogP contribution in [0.3, 0.4) is 0 Å². The lowest BCUT2D eigenvalue weighted by atomic mass is 10.2. The van der Waals surface area contributed by atoms with Crippen molar-refractivity contribution in [1.29, 1.82) is 0 Å². The van der Waals surface area contributed by atoms with Crippen LogP contribution in [-0.2, 0) is 25.7 Å². The minimum absolute atomic E-state index is 0.272. The maximum atomic E-state index is 13.4. The van der Waals surface area contributed by atoms with Crippen molar-refractivity contribution in [3.63, 3.8) is 0 Å². The van der Waals surface area contributed by atoms with Crippen molar-refractivity contribution in [3.05, 3.63) is 59.4 Å². The van der Waals surface area contributed by atoms with Crippen LogP contribution in [0.15, 0.2) is 47.4 Å². The fourth-order valence-electron chi connectivity index (χ4n) is 2.46. The van der Waals surface area contributed by atoms with Crippen LogP contribution in [0, 0.1) is 5.82 Å². The van der Waals surface area contributed by atoms with Crippen molar-refractivity contribution in [2.75, 3.05) is 18.4 Å². The van der Waals surface area contributed by atoms with Crippen molar-refractivity contribution in [1.82, 2.24) is 5.32 Å². The van der Waals surface area contributed by atoms with Gasteiger partial charge >= 0.3 is 12.1 Å². The SMILES string of the molecule is COC(=O)C(CO)NC(=O)c1ccccc1S(=O)(=O)Nc1ccc(F)c(C(F)(F)F)c1. The summed E-state index contributed by atoms with van der Waals surface area (Å²) in [5.74, 6) is -3.64. The first-order valence-electron chi connectivity index (χ1n) is 8.39. The Hall–Kier alpha value is -3.19. The lowest BCUT2D eigenvalue weighted by Crippen LogP contribution is -2.44. The van der Waals surface area contributed by atoms with E-state index < -0.39 is 68.3 Å². The van der Waals surface area contributed by atoms with E-state index in [1.54, 1.807) is 0 Å². The molecular formula is C18H16F4N2O6S. The minimum Gasteiger partial charge on any atom is -0.467 e. The zero-order valence-electron chi connectivity index (χ0n) is 15.7. The Balaban J connectivity index is 2.39. The van der Waals surface area contributed by atoms with Crippen LogP contribution in [0.2, 0.25) is 0 Å². The van der Waals surface area contributed by atoms with Crippen molar-refractivity contribution in [2.45, 2.75) is 17.1 Å². The summed E-state index contributed by atoms with van der Waals surface area (Å²) in [7, 11) is -3.60. The molecule has 168 valence electrons. The molecule has 0 spiro atoms. The summed E-state index contributed by atoms with van der Waals surface area (Å²) < 4.78 is 83.7. The molecule has 0 fully saturated rings. The number of nitrogens with one attached hydrogen (secondary N) is 2. The maximum absolute atomic E-state index is 13.4. The van der Waals surface area contributed by atoms with Crippen LogP contribution in [0.4, 0.5) is 23.2 Å². The number of aliphatic hydroxyl groups excluding tert-OH is 1. The average Bonchev–Trinajstić information content (AvgIpc) is 2.71. The fourth-order valence-corrected chi connectivity index (χ4v) is 3.72. The highest BCUT2D eigenvalue weighted by Gasteiger charge is 2.35. The summed E-state index contributed by atoms with van der Waals surface area (Å²) >= 11 is 0. The number of esters is 1. The van der Waals surface area contributed by atoms with E-state index in [4.69, 9.17) is 0 Å². The molecule has 3 N–H and O–H groups in total. The van der Waals surface area contributed by atoms with Crippen LogP contribution in [0.25, 0.3) is 0 Å². The molecule has 0 radical (unpaired) electrons. The number of methoxy groups -OCH3 is 1. The molecule has 0 saturated carbocycles. The number of sulfonamides is 1. The first-order valence-corrected chi connectivity index (χ1v) is 9.87. The van der Waals surface area contributed by atoms with Gasteiger partial charge in [-0.2, -0.15) is 13.2 Å². The number of ether oxygens (including phenoxy) is 1. The molecule has 1 unspecified atom stereocenters. The van der Waals surface area contributed by atoms with Crippen molar-refractivity contribution >= 4 is 27.6 Å². The second-order valence-electron chi connectivity index (χ2n) is 6.03. The predicted molar refractivity (Wildman–Crippen MR) is 99.0 cm³/mol. The van der Waals surface area contributed by atoms with Gasteiger partial charge in [0.25, 0.3) is 15.9 Å². The molecule has 0 aliphatic carbocycles. The number of hydrogen-bond donors (Lipinski definition) is 3. The van der Waals surface area contributed by atoms with Crippen LogP contribution < -0.4 is 10.0 Å². The van der Waals surface area contributed by atoms with E-state index in [0.717, 1.165) is 25.3 Å². The van der Waals surface area contributed by atoms with Gasteiger partial charge in [0.15, 0.2) is 6.04 Å². The number of carbonyl (C=O) groups excluding carboxylic acids is 2.